The van der Waals surface area contributed by atoms with Crippen LogP contribution in [0.15, 0.2) is 156 Å². The molecule has 4 heteroatoms. The molecule has 0 aliphatic rings. The molecule has 1 heterocycles. The largest absolute Gasteiger partial charge is 0.454 e. The number of nitrogens with zero attached hydrogens (tertiary/aromatic N) is 1. The Bertz CT molecular complexity index is 2290. The monoisotopic (exact) mass is 605 g/mol. The zero-order valence-electron chi connectivity index (χ0n) is 23.5. The molecule has 210 valence electrons. The summed E-state index contributed by atoms with van der Waals surface area (Å²) in [5.74, 6) is 0. The Hall–Kier alpha value is -5.02. The molecule has 0 fully saturated rings. The van der Waals surface area contributed by atoms with Crippen molar-refractivity contribution in [1.29, 1.82) is 0 Å². The Kier molecular flexibility index (Phi) is 6.60. The third-order valence-electron chi connectivity index (χ3n) is 8.16. The first-order valence-electron chi connectivity index (χ1n) is 14.5. The second-order valence-electron chi connectivity index (χ2n) is 10.8. The van der Waals surface area contributed by atoms with Gasteiger partial charge in [-0.3, -0.25) is 0 Å². The van der Waals surface area contributed by atoms with E-state index in [4.69, 9.17) is 27.6 Å². The number of halogens is 2. The lowest BCUT2D eigenvalue weighted by atomic mass is 9.95. The van der Waals surface area contributed by atoms with Gasteiger partial charge in [0.1, 0.15) is 5.58 Å². The third-order valence-corrected chi connectivity index (χ3v) is 8.60. The fourth-order valence-corrected chi connectivity index (χ4v) is 6.80. The zero-order valence-corrected chi connectivity index (χ0v) is 25.1. The summed E-state index contributed by atoms with van der Waals surface area (Å²) in [7, 11) is 0. The predicted molar refractivity (Wildman–Crippen MR) is 187 cm³/mol. The van der Waals surface area contributed by atoms with Gasteiger partial charge >= 0.3 is 0 Å². The Labute approximate surface area is 265 Å². The van der Waals surface area contributed by atoms with E-state index in [2.05, 4.69) is 114 Å². The second-order valence-corrected chi connectivity index (χ2v) is 11.7. The minimum atomic E-state index is 0.609. The molecule has 0 aliphatic carbocycles. The molecular formula is C40H25Cl2NO. The highest BCUT2D eigenvalue weighted by Crippen LogP contribution is 2.48. The van der Waals surface area contributed by atoms with E-state index in [1.165, 1.54) is 0 Å². The Morgan fingerprint density at radius 1 is 0.455 bits per heavy atom. The molecular weight excluding hydrogens is 581 g/mol. The number of benzene rings is 7. The summed E-state index contributed by atoms with van der Waals surface area (Å²) in [6.45, 7) is 0. The Morgan fingerprint density at radius 3 is 1.80 bits per heavy atom. The maximum absolute atomic E-state index is 6.73. The normalized spacial score (nSPS) is 11.4. The summed E-state index contributed by atoms with van der Waals surface area (Å²) in [6.07, 6.45) is 0. The SMILES string of the molecule is Clc1cc(Cl)cc(-c2ccc(N(c3ccccc3)c3ccc(-c4ccccc4)c4c3oc3ccccc34)c3ccccc23)c1. The highest BCUT2D eigenvalue weighted by Gasteiger charge is 2.23. The lowest BCUT2D eigenvalue weighted by Crippen LogP contribution is -2.11. The molecule has 0 bridgehead atoms. The van der Waals surface area contributed by atoms with Crippen LogP contribution in [0.25, 0.3) is 55.0 Å². The fourth-order valence-electron chi connectivity index (χ4n) is 6.27. The van der Waals surface area contributed by atoms with Gasteiger partial charge in [-0.05, 0) is 76.2 Å². The molecule has 8 rings (SSSR count). The number of hydrogen-bond donors (Lipinski definition) is 0. The van der Waals surface area contributed by atoms with E-state index in [-0.39, 0.29) is 0 Å². The van der Waals surface area contributed by atoms with Gasteiger partial charge in [0.2, 0.25) is 0 Å². The highest BCUT2D eigenvalue weighted by atomic mass is 35.5. The number of rotatable bonds is 5. The van der Waals surface area contributed by atoms with Crippen LogP contribution in [0.4, 0.5) is 17.1 Å². The van der Waals surface area contributed by atoms with Crippen LogP contribution < -0.4 is 4.90 Å². The Morgan fingerprint density at radius 2 is 1.05 bits per heavy atom. The van der Waals surface area contributed by atoms with Crippen molar-refractivity contribution in [2.45, 2.75) is 0 Å². The molecule has 1 aromatic heterocycles. The highest BCUT2D eigenvalue weighted by molar-refractivity contribution is 6.35. The smallest absolute Gasteiger partial charge is 0.160 e. The molecule has 8 aromatic rings. The van der Waals surface area contributed by atoms with Gasteiger partial charge in [-0.25, -0.2) is 0 Å². The summed E-state index contributed by atoms with van der Waals surface area (Å²) in [6, 6.07) is 52.1. The molecule has 0 amide bonds. The van der Waals surface area contributed by atoms with Crippen LogP contribution in [0.1, 0.15) is 0 Å². The zero-order chi connectivity index (χ0) is 29.6. The molecule has 0 saturated heterocycles. The van der Waals surface area contributed by atoms with Crippen molar-refractivity contribution < 1.29 is 4.42 Å². The molecule has 0 atom stereocenters. The number of fused-ring (bicyclic) bond motifs is 4. The maximum Gasteiger partial charge on any atom is 0.160 e. The van der Waals surface area contributed by atoms with Crippen LogP contribution in [-0.2, 0) is 0 Å². The molecule has 0 N–H and O–H groups in total. The number of furan rings is 1. The van der Waals surface area contributed by atoms with Crippen molar-refractivity contribution in [3.63, 3.8) is 0 Å². The van der Waals surface area contributed by atoms with Crippen LogP contribution in [-0.4, -0.2) is 0 Å². The summed E-state index contributed by atoms with van der Waals surface area (Å²) < 4.78 is 6.73. The first-order chi connectivity index (χ1) is 21.7. The molecule has 7 aromatic carbocycles. The van der Waals surface area contributed by atoms with Crippen LogP contribution in [0.2, 0.25) is 10.0 Å². The van der Waals surface area contributed by atoms with Gasteiger partial charge < -0.3 is 9.32 Å². The minimum Gasteiger partial charge on any atom is -0.454 e. The summed E-state index contributed by atoms with van der Waals surface area (Å²) in [4.78, 5) is 2.30. The third kappa shape index (κ3) is 4.51. The van der Waals surface area contributed by atoms with Gasteiger partial charge in [0.15, 0.2) is 5.58 Å². The lowest BCUT2D eigenvalue weighted by Gasteiger charge is -2.28. The van der Waals surface area contributed by atoms with Gasteiger partial charge in [0.05, 0.1) is 11.4 Å². The average molecular weight is 607 g/mol. The van der Waals surface area contributed by atoms with E-state index >= 15 is 0 Å². The van der Waals surface area contributed by atoms with E-state index in [1.54, 1.807) is 6.07 Å². The van der Waals surface area contributed by atoms with Crippen molar-refractivity contribution in [2.75, 3.05) is 4.90 Å². The quantitative estimate of drug-likeness (QED) is 0.194. The van der Waals surface area contributed by atoms with Gasteiger partial charge in [0.25, 0.3) is 0 Å². The molecule has 0 unspecified atom stereocenters. The number of para-hydroxylation sites is 2. The minimum absolute atomic E-state index is 0.609. The van der Waals surface area contributed by atoms with Crippen molar-refractivity contribution in [3.8, 4) is 22.3 Å². The van der Waals surface area contributed by atoms with Crippen LogP contribution in [0, 0.1) is 0 Å². The lowest BCUT2D eigenvalue weighted by molar-refractivity contribution is 0.669. The standard InChI is InChI=1S/C40H25Cl2NO/c41-28-23-27(24-29(42)25-28)31-19-21-36(34-16-8-7-15-33(31)34)43(30-13-5-2-6-14-30)37-22-20-32(26-11-3-1-4-12-26)39-35-17-9-10-18-38(35)44-40(37)39/h1-25H. The van der Waals surface area contributed by atoms with E-state index < -0.39 is 0 Å². The molecule has 0 saturated carbocycles. The summed E-state index contributed by atoms with van der Waals surface area (Å²) >= 11 is 12.9. The van der Waals surface area contributed by atoms with Crippen molar-refractivity contribution in [2.24, 2.45) is 0 Å². The van der Waals surface area contributed by atoms with Crippen molar-refractivity contribution in [1.82, 2.24) is 0 Å². The molecule has 2 nitrogen and oxygen atoms in total. The predicted octanol–water partition coefficient (Wildman–Crippen LogP) is 12.8. The Balaban J connectivity index is 1.43. The average Bonchev–Trinajstić information content (AvgIpc) is 3.45. The van der Waals surface area contributed by atoms with Gasteiger partial charge in [0, 0.05) is 31.9 Å². The van der Waals surface area contributed by atoms with Crippen molar-refractivity contribution >= 4 is 73.0 Å². The molecule has 0 spiro atoms. The van der Waals surface area contributed by atoms with Crippen molar-refractivity contribution in [3.05, 3.63) is 162 Å². The van der Waals surface area contributed by atoms with Crippen LogP contribution in [0.3, 0.4) is 0 Å². The number of hydrogen-bond acceptors (Lipinski definition) is 2. The van der Waals surface area contributed by atoms with Gasteiger partial charge in [-0.1, -0.05) is 126 Å². The van der Waals surface area contributed by atoms with E-state index in [1.807, 2.05) is 36.4 Å². The molecule has 0 aliphatic heterocycles. The fraction of sp³-hybridized carbons (Fsp3) is 0. The first kappa shape index (κ1) is 26.6. The first-order valence-corrected chi connectivity index (χ1v) is 15.2. The van der Waals surface area contributed by atoms with Crippen LogP contribution in [0.5, 0.6) is 0 Å². The van der Waals surface area contributed by atoms with Gasteiger partial charge in [-0.15, -0.1) is 0 Å². The summed E-state index contributed by atoms with van der Waals surface area (Å²) in [5, 5.41) is 5.61. The van der Waals surface area contributed by atoms with E-state index in [9.17, 15) is 0 Å². The van der Waals surface area contributed by atoms with E-state index in [0.29, 0.717) is 10.0 Å². The molecule has 44 heavy (non-hydrogen) atoms. The maximum atomic E-state index is 6.73. The molecule has 0 radical (unpaired) electrons. The second kappa shape index (κ2) is 10.9. The number of anilines is 3. The van der Waals surface area contributed by atoms with E-state index in [0.717, 1.165) is 72.0 Å². The van der Waals surface area contributed by atoms with Crippen LogP contribution >= 0.6 is 23.2 Å². The van der Waals surface area contributed by atoms with Gasteiger partial charge in [-0.2, -0.15) is 0 Å². The topological polar surface area (TPSA) is 16.4 Å². The summed E-state index contributed by atoms with van der Waals surface area (Å²) in [5.41, 5.74) is 9.06.